The van der Waals surface area contributed by atoms with Crippen LogP contribution in [0.2, 0.25) is 0 Å². The van der Waals surface area contributed by atoms with E-state index in [1.165, 1.54) is 12.8 Å². The van der Waals surface area contributed by atoms with Crippen molar-refractivity contribution in [2.24, 2.45) is 0 Å². The van der Waals surface area contributed by atoms with Crippen molar-refractivity contribution in [2.75, 3.05) is 12.9 Å². The predicted molar refractivity (Wildman–Crippen MR) is 31.7 cm³/mol. The van der Waals surface area contributed by atoms with Crippen LogP contribution in [0, 0.1) is 0 Å². The lowest BCUT2D eigenvalue weighted by atomic mass is 10.3. The largest absolute Gasteiger partial charge is 0.313 e. The first-order chi connectivity index (χ1) is 3.33. The number of hydrogen-bond acceptors (Lipinski definition) is 1. The van der Waals surface area contributed by atoms with Crippen molar-refractivity contribution < 1.29 is 0 Å². The Labute approximate surface area is 49.0 Å². The summed E-state index contributed by atoms with van der Waals surface area (Å²) in [5.41, 5.74) is 0.349. The summed E-state index contributed by atoms with van der Waals surface area (Å²) >= 11 is 5.59. The smallest absolute Gasteiger partial charge is 0.0406 e. The van der Waals surface area contributed by atoms with Gasteiger partial charge >= 0.3 is 0 Å². The first-order valence-corrected chi connectivity index (χ1v) is 3.11. The topological polar surface area (TPSA) is 12.0 Å². The van der Waals surface area contributed by atoms with Crippen LogP contribution < -0.4 is 5.32 Å². The Bertz CT molecular complexity index is 62.5. The molecular formula is C5H10ClN. The van der Waals surface area contributed by atoms with Gasteiger partial charge in [-0.1, -0.05) is 0 Å². The quantitative estimate of drug-likeness (QED) is 0.535. The van der Waals surface area contributed by atoms with E-state index in [2.05, 4.69) is 5.32 Å². The zero-order valence-corrected chi connectivity index (χ0v) is 5.26. The Balaban J connectivity index is 2.28. The summed E-state index contributed by atoms with van der Waals surface area (Å²) in [7, 11) is 1.97. The molecule has 0 spiro atoms. The van der Waals surface area contributed by atoms with Gasteiger partial charge in [0.25, 0.3) is 0 Å². The van der Waals surface area contributed by atoms with Crippen LogP contribution in [0.4, 0.5) is 0 Å². The van der Waals surface area contributed by atoms with Gasteiger partial charge < -0.3 is 5.32 Å². The molecule has 0 aromatic rings. The van der Waals surface area contributed by atoms with Gasteiger partial charge in [-0.25, -0.2) is 0 Å². The molecule has 0 atom stereocenters. The molecule has 0 unspecified atom stereocenters. The third-order valence-electron chi connectivity index (χ3n) is 1.64. The Hall–Kier alpha value is 0.250. The van der Waals surface area contributed by atoms with Gasteiger partial charge in [0.1, 0.15) is 0 Å². The Morgan fingerprint density at radius 1 is 1.71 bits per heavy atom. The van der Waals surface area contributed by atoms with E-state index in [1.54, 1.807) is 0 Å². The second kappa shape index (κ2) is 1.64. The fourth-order valence-electron chi connectivity index (χ4n) is 0.601. The molecule has 0 aromatic carbocycles. The highest BCUT2D eigenvalue weighted by Gasteiger charge is 2.39. The molecule has 0 radical (unpaired) electrons. The first-order valence-electron chi connectivity index (χ1n) is 2.58. The Morgan fingerprint density at radius 3 is 2.29 bits per heavy atom. The van der Waals surface area contributed by atoms with Crippen molar-refractivity contribution in [3.05, 3.63) is 0 Å². The van der Waals surface area contributed by atoms with E-state index in [-0.39, 0.29) is 0 Å². The average molecular weight is 120 g/mol. The molecule has 0 heterocycles. The summed E-state index contributed by atoms with van der Waals surface area (Å²) < 4.78 is 0. The Kier molecular flexibility index (Phi) is 1.26. The molecule has 1 rings (SSSR count). The van der Waals surface area contributed by atoms with Gasteiger partial charge in [-0.2, -0.15) is 0 Å². The van der Waals surface area contributed by atoms with Crippen LogP contribution in [-0.4, -0.2) is 18.5 Å². The fraction of sp³-hybridized carbons (Fsp3) is 1.00. The molecule has 0 saturated heterocycles. The molecule has 1 aliphatic rings. The van der Waals surface area contributed by atoms with Crippen molar-refractivity contribution in [1.82, 2.24) is 5.32 Å². The summed E-state index contributed by atoms with van der Waals surface area (Å²) in [6.07, 6.45) is 2.51. The highest BCUT2D eigenvalue weighted by molar-refractivity contribution is 6.18. The number of halogens is 1. The van der Waals surface area contributed by atoms with Crippen molar-refractivity contribution in [2.45, 2.75) is 18.4 Å². The summed E-state index contributed by atoms with van der Waals surface area (Å²) in [4.78, 5) is 0. The summed E-state index contributed by atoms with van der Waals surface area (Å²) in [6, 6.07) is 0. The van der Waals surface area contributed by atoms with Gasteiger partial charge in [-0.3, -0.25) is 0 Å². The normalized spacial score (nSPS) is 24.9. The molecule has 0 aromatic heterocycles. The van der Waals surface area contributed by atoms with Gasteiger partial charge in [0.2, 0.25) is 0 Å². The predicted octanol–water partition coefficient (Wildman–Crippen LogP) is 0.977. The maximum absolute atomic E-state index is 5.59. The van der Waals surface area contributed by atoms with Crippen LogP contribution in [-0.2, 0) is 0 Å². The first kappa shape index (κ1) is 5.39. The lowest BCUT2D eigenvalue weighted by molar-refractivity contribution is 0.613. The molecule has 7 heavy (non-hydrogen) atoms. The van der Waals surface area contributed by atoms with E-state index >= 15 is 0 Å². The van der Waals surface area contributed by atoms with E-state index in [9.17, 15) is 0 Å². The molecule has 1 nitrogen and oxygen atoms in total. The molecule has 0 aliphatic heterocycles. The maximum Gasteiger partial charge on any atom is 0.0406 e. The van der Waals surface area contributed by atoms with E-state index < -0.39 is 0 Å². The number of nitrogens with one attached hydrogen (secondary N) is 1. The molecular weight excluding hydrogens is 110 g/mol. The molecule has 0 bridgehead atoms. The van der Waals surface area contributed by atoms with Gasteiger partial charge in [-0.05, 0) is 19.9 Å². The molecule has 0 amide bonds. The van der Waals surface area contributed by atoms with Crippen LogP contribution in [0.15, 0.2) is 0 Å². The minimum atomic E-state index is 0.349. The van der Waals surface area contributed by atoms with Crippen LogP contribution >= 0.6 is 11.6 Å². The minimum absolute atomic E-state index is 0.349. The van der Waals surface area contributed by atoms with Crippen molar-refractivity contribution in [1.29, 1.82) is 0 Å². The van der Waals surface area contributed by atoms with Gasteiger partial charge in [0.15, 0.2) is 0 Å². The second-order valence-electron chi connectivity index (χ2n) is 2.16. The summed E-state index contributed by atoms with van der Waals surface area (Å²) in [5.74, 6) is 0.767. The van der Waals surface area contributed by atoms with Gasteiger partial charge in [-0.15, -0.1) is 11.6 Å². The SMILES string of the molecule is CNC1(CCl)CC1. The number of alkyl halides is 1. The summed E-state index contributed by atoms with van der Waals surface area (Å²) in [6.45, 7) is 0. The molecule has 1 fully saturated rings. The van der Waals surface area contributed by atoms with Crippen molar-refractivity contribution in [3.8, 4) is 0 Å². The molecule has 42 valence electrons. The van der Waals surface area contributed by atoms with E-state index in [0.29, 0.717) is 5.54 Å². The number of rotatable bonds is 2. The van der Waals surface area contributed by atoms with Crippen molar-refractivity contribution in [3.63, 3.8) is 0 Å². The van der Waals surface area contributed by atoms with E-state index in [4.69, 9.17) is 11.6 Å². The zero-order valence-electron chi connectivity index (χ0n) is 4.50. The van der Waals surface area contributed by atoms with Crippen molar-refractivity contribution >= 4 is 11.6 Å². The Morgan fingerprint density at radius 2 is 2.29 bits per heavy atom. The lowest BCUT2D eigenvalue weighted by Crippen LogP contribution is -2.28. The van der Waals surface area contributed by atoms with Crippen LogP contribution in [0.1, 0.15) is 12.8 Å². The van der Waals surface area contributed by atoms with Crippen LogP contribution in [0.3, 0.4) is 0 Å². The standard InChI is InChI=1S/C5H10ClN/c1-7-5(4-6)2-3-5/h7H,2-4H2,1H3. The van der Waals surface area contributed by atoms with Gasteiger partial charge in [0, 0.05) is 11.4 Å². The summed E-state index contributed by atoms with van der Waals surface area (Å²) in [5, 5.41) is 3.17. The third-order valence-corrected chi connectivity index (χ3v) is 2.15. The minimum Gasteiger partial charge on any atom is -0.313 e. The van der Waals surface area contributed by atoms with Crippen LogP contribution in [0.5, 0.6) is 0 Å². The highest BCUT2D eigenvalue weighted by Crippen LogP contribution is 2.35. The van der Waals surface area contributed by atoms with E-state index in [0.717, 1.165) is 5.88 Å². The highest BCUT2D eigenvalue weighted by atomic mass is 35.5. The molecule has 1 saturated carbocycles. The number of hydrogen-bond donors (Lipinski definition) is 1. The molecule has 1 N–H and O–H groups in total. The monoisotopic (exact) mass is 119 g/mol. The van der Waals surface area contributed by atoms with E-state index in [1.807, 2.05) is 7.05 Å². The third kappa shape index (κ3) is 0.892. The van der Waals surface area contributed by atoms with Gasteiger partial charge in [0.05, 0.1) is 0 Å². The van der Waals surface area contributed by atoms with Crippen LogP contribution in [0.25, 0.3) is 0 Å². The maximum atomic E-state index is 5.59. The fourth-order valence-corrected chi connectivity index (χ4v) is 1.00. The molecule has 1 aliphatic carbocycles. The average Bonchev–Trinajstić information content (AvgIpc) is 2.46. The molecule has 2 heteroatoms. The zero-order chi connectivity index (χ0) is 5.33. The second-order valence-corrected chi connectivity index (χ2v) is 2.43. The lowest BCUT2D eigenvalue weighted by Gasteiger charge is -2.06.